The molecule has 2 atom stereocenters. The van der Waals surface area contributed by atoms with Crippen LogP contribution < -0.4 is 4.74 Å². The standard InChI is InChI=1S/C26H36N2O4S/c1-6-18(2)14-27(26(30)17-31-5)15-25(29)28-11-9-24-21(10-12-33-24)22(28)16-32-23-8-7-19(3)13-20(23)4/h7-8,10,12-13,18,22H,6,9,11,14-17H2,1-5H3/t18-,22+/m0/s1. The number of benzene rings is 1. The van der Waals surface area contributed by atoms with Crippen molar-refractivity contribution in [2.45, 2.75) is 46.6 Å². The molecule has 2 heterocycles. The number of thiophene rings is 1. The van der Waals surface area contributed by atoms with E-state index in [4.69, 9.17) is 9.47 Å². The van der Waals surface area contributed by atoms with E-state index < -0.39 is 0 Å². The molecule has 7 heteroatoms. The number of carbonyl (C=O) groups is 2. The zero-order valence-electron chi connectivity index (χ0n) is 20.4. The molecule has 33 heavy (non-hydrogen) atoms. The van der Waals surface area contributed by atoms with Crippen molar-refractivity contribution in [1.29, 1.82) is 0 Å². The van der Waals surface area contributed by atoms with Crippen molar-refractivity contribution < 1.29 is 19.1 Å². The molecule has 3 rings (SSSR count). The second-order valence-corrected chi connectivity index (χ2v) is 9.95. The Hall–Kier alpha value is -2.38. The molecule has 0 radical (unpaired) electrons. The SMILES string of the molecule is CC[C@H](C)CN(CC(=O)N1CCc2sccc2[C@H]1COc1ccc(C)cc1C)C(=O)COC. The number of rotatable bonds is 10. The van der Waals surface area contributed by atoms with Crippen molar-refractivity contribution in [1.82, 2.24) is 9.80 Å². The first-order valence-electron chi connectivity index (χ1n) is 11.7. The van der Waals surface area contributed by atoms with Crippen LogP contribution in [0.4, 0.5) is 0 Å². The highest BCUT2D eigenvalue weighted by atomic mass is 32.1. The van der Waals surface area contributed by atoms with Gasteiger partial charge in [0, 0.05) is 25.1 Å². The summed E-state index contributed by atoms with van der Waals surface area (Å²) in [6, 6.07) is 8.06. The van der Waals surface area contributed by atoms with E-state index in [9.17, 15) is 9.59 Å². The number of carbonyl (C=O) groups excluding carboxylic acids is 2. The quantitative estimate of drug-likeness (QED) is 0.515. The van der Waals surface area contributed by atoms with Crippen LogP contribution in [-0.4, -0.2) is 61.6 Å². The molecule has 2 aromatic rings. The third kappa shape index (κ3) is 6.36. The third-order valence-corrected chi connectivity index (χ3v) is 7.31. The molecular weight excluding hydrogens is 436 g/mol. The molecule has 0 bridgehead atoms. The molecule has 1 aromatic carbocycles. The first-order chi connectivity index (χ1) is 15.8. The van der Waals surface area contributed by atoms with Gasteiger partial charge in [-0.1, -0.05) is 38.0 Å². The summed E-state index contributed by atoms with van der Waals surface area (Å²) in [5, 5.41) is 2.08. The summed E-state index contributed by atoms with van der Waals surface area (Å²) in [5.41, 5.74) is 3.43. The van der Waals surface area contributed by atoms with E-state index in [1.54, 1.807) is 16.2 Å². The van der Waals surface area contributed by atoms with E-state index in [0.717, 1.165) is 29.7 Å². The Balaban J connectivity index is 1.78. The Bertz CT molecular complexity index is 958. The van der Waals surface area contributed by atoms with Gasteiger partial charge in [0.25, 0.3) is 0 Å². The molecule has 1 aliphatic heterocycles. The van der Waals surface area contributed by atoms with Crippen LogP contribution in [0.2, 0.25) is 0 Å². The van der Waals surface area contributed by atoms with Crippen molar-refractivity contribution in [2.24, 2.45) is 5.92 Å². The molecule has 0 aliphatic carbocycles. The predicted octanol–water partition coefficient (Wildman–Crippen LogP) is 4.39. The Morgan fingerprint density at radius 2 is 2.06 bits per heavy atom. The van der Waals surface area contributed by atoms with Gasteiger partial charge in [-0.15, -0.1) is 11.3 Å². The van der Waals surface area contributed by atoms with Crippen LogP contribution in [0.3, 0.4) is 0 Å². The minimum absolute atomic E-state index is 0.0162. The highest BCUT2D eigenvalue weighted by molar-refractivity contribution is 7.10. The number of ether oxygens (including phenoxy) is 2. The van der Waals surface area contributed by atoms with Crippen molar-refractivity contribution in [3.63, 3.8) is 0 Å². The van der Waals surface area contributed by atoms with E-state index in [0.29, 0.717) is 25.6 Å². The average Bonchev–Trinajstić information content (AvgIpc) is 3.27. The first kappa shape index (κ1) is 25.2. The van der Waals surface area contributed by atoms with Crippen LogP contribution in [0, 0.1) is 19.8 Å². The van der Waals surface area contributed by atoms with Crippen molar-refractivity contribution in [3.05, 3.63) is 51.2 Å². The summed E-state index contributed by atoms with van der Waals surface area (Å²) in [4.78, 5) is 31.0. The minimum atomic E-state index is -0.170. The van der Waals surface area contributed by atoms with Gasteiger partial charge < -0.3 is 19.3 Å². The number of hydrogen-bond acceptors (Lipinski definition) is 5. The summed E-state index contributed by atoms with van der Waals surface area (Å²) in [7, 11) is 1.50. The van der Waals surface area contributed by atoms with Gasteiger partial charge in [-0.05, 0) is 54.8 Å². The fourth-order valence-corrected chi connectivity index (χ4v) is 5.16. The number of methoxy groups -OCH3 is 1. The monoisotopic (exact) mass is 472 g/mol. The van der Waals surface area contributed by atoms with Crippen molar-refractivity contribution in [2.75, 3.05) is 40.0 Å². The average molecular weight is 473 g/mol. The van der Waals surface area contributed by atoms with Gasteiger partial charge in [-0.2, -0.15) is 0 Å². The fraction of sp³-hybridized carbons (Fsp3) is 0.538. The Kier molecular flexibility index (Phi) is 8.92. The molecule has 0 saturated heterocycles. The minimum Gasteiger partial charge on any atom is -0.491 e. The molecule has 2 amide bonds. The zero-order chi connectivity index (χ0) is 24.0. The van der Waals surface area contributed by atoms with E-state index in [1.165, 1.54) is 17.6 Å². The van der Waals surface area contributed by atoms with Gasteiger partial charge in [0.15, 0.2) is 0 Å². The van der Waals surface area contributed by atoms with Gasteiger partial charge in [0.2, 0.25) is 11.8 Å². The van der Waals surface area contributed by atoms with Crippen LogP contribution in [0.1, 0.15) is 47.9 Å². The molecular formula is C26H36N2O4S. The maximum Gasteiger partial charge on any atom is 0.249 e. The molecule has 0 spiro atoms. The van der Waals surface area contributed by atoms with E-state index in [2.05, 4.69) is 38.3 Å². The lowest BCUT2D eigenvalue weighted by molar-refractivity contribution is -0.145. The van der Waals surface area contributed by atoms with E-state index in [-0.39, 0.29) is 31.0 Å². The van der Waals surface area contributed by atoms with Gasteiger partial charge in [0.1, 0.15) is 19.0 Å². The topological polar surface area (TPSA) is 59.1 Å². The molecule has 6 nitrogen and oxygen atoms in total. The summed E-state index contributed by atoms with van der Waals surface area (Å²) >= 11 is 1.73. The van der Waals surface area contributed by atoms with Crippen LogP contribution in [0.15, 0.2) is 29.6 Å². The molecule has 0 fully saturated rings. The summed E-state index contributed by atoms with van der Waals surface area (Å²) in [5.74, 6) is 0.951. The number of nitrogens with zero attached hydrogens (tertiary/aromatic N) is 2. The van der Waals surface area contributed by atoms with E-state index >= 15 is 0 Å². The largest absolute Gasteiger partial charge is 0.491 e. The van der Waals surface area contributed by atoms with Crippen LogP contribution in [-0.2, 0) is 20.7 Å². The summed E-state index contributed by atoms with van der Waals surface area (Å²) in [6.45, 7) is 9.89. The van der Waals surface area contributed by atoms with Crippen LogP contribution >= 0.6 is 11.3 Å². The lowest BCUT2D eigenvalue weighted by atomic mass is 10.00. The highest BCUT2D eigenvalue weighted by Crippen LogP contribution is 2.34. The first-order valence-corrected chi connectivity index (χ1v) is 12.5. The second-order valence-electron chi connectivity index (χ2n) is 8.95. The van der Waals surface area contributed by atoms with Crippen molar-refractivity contribution in [3.8, 4) is 5.75 Å². The second kappa shape index (κ2) is 11.7. The van der Waals surface area contributed by atoms with Crippen LogP contribution in [0.25, 0.3) is 0 Å². The predicted molar refractivity (Wildman–Crippen MR) is 132 cm³/mol. The normalized spacial score (nSPS) is 16.3. The number of amides is 2. The third-order valence-electron chi connectivity index (χ3n) is 6.32. The molecule has 1 aliphatic rings. The molecule has 0 unspecified atom stereocenters. The zero-order valence-corrected chi connectivity index (χ0v) is 21.2. The van der Waals surface area contributed by atoms with Gasteiger partial charge in [-0.3, -0.25) is 9.59 Å². The lowest BCUT2D eigenvalue weighted by Crippen LogP contribution is -2.49. The smallest absolute Gasteiger partial charge is 0.249 e. The molecule has 0 N–H and O–H groups in total. The number of aryl methyl sites for hydroxylation is 2. The molecule has 0 saturated carbocycles. The summed E-state index contributed by atoms with van der Waals surface area (Å²) < 4.78 is 11.3. The summed E-state index contributed by atoms with van der Waals surface area (Å²) in [6.07, 6.45) is 1.77. The molecule has 1 aromatic heterocycles. The van der Waals surface area contributed by atoms with Gasteiger partial charge in [0.05, 0.1) is 12.6 Å². The number of hydrogen-bond donors (Lipinski definition) is 0. The number of fused-ring (bicyclic) bond motifs is 1. The molecule has 180 valence electrons. The van der Waals surface area contributed by atoms with Gasteiger partial charge in [-0.25, -0.2) is 0 Å². The van der Waals surface area contributed by atoms with E-state index in [1.807, 2.05) is 24.0 Å². The highest BCUT2D eigenvalue weighted by Gasteiger charge is 2.33. The van der Waals surface area contributed by atoms with Crippen LogP contribution in [0.5, 0.6) is 5.75 Å². The van der Waals surface area contributed by atoms with Gasteiger partial charge >= 0.3 is 0 Å². The van der Waals surface area contributed by atoms with Crippen molar-refractivity contribution >= 4 is 23.2 Å². The lowest BCUT2D eigenvalue weighted by Gasteiger charge is -2.37. The maximum absolute atomic E-state index is 13.5. The Morgan fingerprint density at radius 3 is 2.76 bits per heavy atom. The Morgan fingerprint density at radius 1 is 1.27 bits per heavy atom. The Labute approximate surface area is 201 Å². The fourth-order valence-electron chi connectivity index (χ4n) is 4.23. The maximum atomic E-state index is 13.5.